The molecule has 11 heavy (non-hydrogen) atoms. The van der Waals surface area contributed by atoms with Crippen molar-refractivity contribution in [3.63, 3.8) is 0 Å². The maximum atomic E-state index is 5.23. The molecule has 1 aromatic carbocycles. The van der Waals surface area contributed by atoms with Gasteiger partial charge >= 0.3 is 0 Å². The molecule has 0 unspecified atom stereocenters. The highest BCUT2D eigenvalue weighted by atomic mass is 15.0. The fourth-order valence-corrected chi connectivity index (χ4v) is 1.38. The zero-order valence-corrected chi connectivity index (χ0v) is 7.18. The molecular formula is C9H13N2+. The average molecular weight is 149 g/mol. The Balaban J connectivity index is 3.36. The normalized spacial score (nSPS) is 9.73. The van der Waals surface area contributed by atoms with Crippen molar-refractivity contribution in [3.05, 3.63) is 28.8 Å². The first kappa shape index (κ1) is 7.92. The summed E-state index contributed by atoms with van der Waals surface area (Å²) in [4.78, 5) is 0. The van der Waals surface area contributed by atoms with Crippen LogP contribution < -0.4 is 5.53 Å². The van der Waals surface area contributed by atoms with Gasteiger partial charge in [0.25, 0.3) is 0 Å². The molecule has 0 amide bonds. The van der Waals surface area contributed by atoms with Crippen LogP contribution in [0.15, 0.2) is 17.2 Å². The van der Waals surface area contributed by atoms with Gasteiger partial charge in [-0.25, -0.2) is 0 Å². The number of rotatable bonds is 1. The highest BCUT2D eigenvalue weighted by Gasteiger charge is 2.02. The smallest absolute Gasteiger partial charge is 0.135 e. The third-order valence-corrected chi connectivity index (χ3v) is 1.76. The molecular weight excluding hydrogens is 136 g/mol. The number of hydrogen-bond donors (Lipinski definition) is 1. The molecule has 0 heterocycles. The van der Waals surface area contributed by atoms with Gasteiger partial charge in [0.05, 0.1) is 0 Å². The molecule has 58 valence electrons. The standard InChI is InChI=1S/C9H12N2/c1-6-4-7(2)9(11-10)8(3)5-6/h4-5,10H,1-3H3/p+1. The largest absolute Gasteiger partial charge is 0.152 e. The van der Waals surface area contributed by atoms with Crippen LogP contribution in [0.25, 0.3) is 0 Å². The molecule has 1 aromatic rings. The first-order valence-corrected chi connectivity index (χ1v) is 3.64. The van der Waals surface area contributed by atoms with Crippen molar-refractivity contribution in [2.24, 2.45) is 5.11 Å². The minimum atomic E-state index is 0.913. The summed E-state index contributed by atoms with van der Waals surface area (Å²) in [5, 5.41) is 3.71. The lowest BCUT2D eigenvalue weighted by Crippen LogP contribution is -2.22. The highest BCUT2D eigenvalue weighted by Crippen LogP contribution is 2.23. The molecule has 0 atom stereocenters. The second kappa shape index (κ2) is 2.82. The van der Waals surface area contributed by atoms with Gasteiger partial charge < -0.3 is 0 Å². The number of nitrogens with zero attached hydrogens (tertiary/aromatic N) is 1. The van der Waals surface area contributed by atoms with Gasteiger partial charge in [-0.1, -0.05) is 17.7 Å². The number of nitrogens with two attached hydrogens (primary N) is 1. The Bertz CT molecular complexity index is 267. The summed E-state index contributed by atoms with van der Waals surface area (Å²) in [6.07, 6.45) is 0. The summed E-state index contributed by atoms with van der Waals surface area (Å²) in [7, 11) is 0. The molecule has 0 bridgehead atoms. The zero-order chi connectivity index (χ0) is 8.43. The average Bonchev–Trinajstić information content (AvgIpc) is 1.85. The maximum absolute atomic E-state index is 5.23. The summed E-state index contributed by atoms with van der Waals surface area (Å²) in [5.74, 6) is 0. The lowest BCUT2D eigenvalue weighted by atomic mass is 10.1. The monoisotopic (exact) mass is 149 g/mol. The van der Waals surface area contributed by atoms with E-state index in [2.05, 4.69) is 24.2 Å². The molecule has 2 nitrogen and oxygen atoms in total. The van der Waals surface area contributed by atoms with E-state index in [1.54, 1.807) is 0 Å². The van der Waals surface area contributed by atoms with E-state index >= 15 is 0 Å². The second-order valence-corrected chi connectivity index (χ2v) is 2.88. The van der Waals surface area contributed by atoms with E-state index in [1.807, 2.05) is 13.8 Å². The molecule has 0 saturated heterocycles. The summed E-state index contributed by atoms with van der Waals surface area (Å²) >= 11 is 0. The van der Waals surface area contributed by atoms with E-state index in [0.29, 0.717) is 0 Å². The quantitative estimate of drug-likeness (QED) is 0.587. The zero-order valence-electron chi connectivity index (χ0n) is 7.18. The van der Waals surface area contributed by atoms with E-state index in [0.717, 1.165) is 16.8 Å². The van der Waals surface area contributed by atoms with E-state index in [-0.39, 0.29) is 0 Å². The minimum Gasteiger partial charge on any atom is -0.152 e. The van der Waals surface area contributed by atoms with Crippen LogP contribution >= 0.6 is 0 Å². The lowest BCUT2D eigenvalue weighted by Gasteiger charge is -2.01. The van der Waals surface area contributed by atoms with Gasteiger partial charge in [-0.05, 0) is 37.0 Å². The Morgan fingerprint density at radius 1 is 1.09 bits per heavy atom. The lowest BCUT2D eigenvalue weighted by molar-refractivity contribution is -0.210. The molecule has 0 aliphatic carbocycles. The highest BCUT2D eigenvalue weighted by molar-refractivity contribution is 5.52. The molecule has 0 spiro atoms. The van der Waals surface area contributed by atoms with Crippen LogP contribution in [0.3, 0.4) is 0 Å². The summed E-state index contributed by atoms with van der Waals surface area (Å²) < 4.78 is 0. The molecule has 0 saturated carbocycles. The van der Waals surface area contributed by atoms with Crippen LogP contribution in [-0.2, 0) is 0 Å². The molecule has 1 rings (SSSR count). The van der Waals surface area contributed by atoms with Crippen LogP contribution in [0, 0.1) is 20.8 Å². The van der Waals surface area contributed by atoms with Crippen molar-refractivity contribution in [2.75, 3.05) is 0 Å². The van der Waals surface area contributed by atoms with Crippen molar-refractivity contribution in [1.29, 1.82) is 0 Å². The number of hydrogen-bond acceptors (Lipinski definition) is 1. The SMILES string of the molecule is Cc1cc(C)c(N=[NH2+])c(C)c1. The van der Waals surface area contributed by atoms with E-state index in [4.69, 9.17) is 5.53 Å². The Labute approximate surface area is 66.8 Å². The summed E-state index contributed by atoms with van der Waals surface area (Å²) in [6.45, 7) is 6.11. The number of aryl methyl sites for hydroxylation is 3. The van der Waals surface area contributed by atoms with Crippen molar-refractivity contribution in [1.82, 2.24) is 0 Å². The third-order valence-electron chi connectivity index (χ3n) is 1.76. The Morgan fingerprint density at radius 3 is 1.91 bits per heavy atom. The van der Waals surface area contributed by atoms with Crippen molar-refractivity contribution in [2.45, 2.75) is 20.8 Å². The predicted octanol–water partition coefficient (Wildman–Crippen LogP) is 1.45. The molecule has 0 aliphatic rings. The second-order valence-electron chi connectivity index (χ2n) is 2.88. The fourth-order valence-electron chi connectivity index (χ4n) is 1.38. The molecule has 0 aromatic heterocycles. The predicted molar refractivity (Wildman–Crippen MR) is 44.7 cm³/mol. The van der Waals surface area contributed by atoms with E-state index in [1.165, 1.54) is 5.56 Å². The van der Waals surface area contributed by atoms with Crippen molar-refractivity contribution >= 4 is 5.69 Å². The van der Waals surface area contributed by atoms with Crippen molar-refractivity contribution < 1.29 is 5.53 Å². The molecule has 0 fully saturated rings. The maximum Gasteiger partial charge on any atom is 0.135 e. The Morgan fingerprint density at radius 2 is 1.55 bits per heavy atom. The fraction of sp³-hybridized carbons (Fsp3) is 0.333. The van der Waals surface area contributed by atoms with Crippen LogP contribution in [-0.4, -0.2) is 0 Å². The van der Waals surface area contributed by atoms with Gasteiger partial charge in [-0.2, -0.15) is 5.53 Å². The van der Waals surface area contributed by atoms with Crippen LogP contribution in [0.2, 0.25) is 0 Å². The van der Waals surface area contributed by atoms with Gasteiger partial charge in [-0.3, -0.25) is 0 Å². The minimum absolute atomic E-state index is 0.913. The summed E-state index contributed by atoms with van der Waals surface area (Å²) in [5.41, 5.74) is 9.68. The van der Waals surface area contributed by atoms with Gasteiger partial charge in [0.15, 0.2) is 0 Å². The Kier molecular flexibility index (Phi) is 2.03. The van der Waals surface area contributed by atoms with Crippen LogP contribution in [0.1, 0.15) is 16.7 Å². The molecule has 2 N–H and O–H groups in total. The molecule has 2 heteroatoms. The topological polar surface area (TPSA) is 38.0 Å². The molecule has 0 aliphatic heterocycles. The Hall–Kier alpha value is -1.18. The van der Waals surface area contributed by atoms with E-state index in [9.17, 15) is 0 Å². The number of benzene rings is 1. The van der Waals surface area contributed by atoms with Gasteiger partial charge in [0, 0.05) is 0 Å². The van der Waals surface area contributed by atoms with Crippen LogP contribution in [0.4, 0.5) is 5.69 Å². The van der Waals surface area contributed by atoms with Gasteiger partial charge in [0.1, 0.15) is 5.69 Å². The van der Waals surface area contributed by atoms with E-state index < -0.39 is 0 Å². The van der Waals surface area contributed by atoms with Crippen molar-refractivity contribution in [3.8, 4) is 0 Å². The first-order chi connectivity index (χ1) is 5.15. The van der Waals surface area contributed by atoms with Gasteiger partial charge in [0.2, 0.25) is 0 Å². The third kappa shape index (κ3) is 1.45. The molecule has 0 radical (unpaired) electrons. The summed E-state index contributed by atoms with van der Waals surface area (Å²) in [6, 6.07) is 4.16. The van der Waals surface area contributed by atoms with Crippen LogP contribution in [0.5, 0.6) is 0 Å². The first-order valence-electron chi connectivity index (χ1n) is 3.64. The van der Waals surface area contributed by atoms with Gasteiger partial charge in [-0.15, -0.1) is 0 Å².